The molecule has 4 nitrogen and oxygen atoms in total. The van der Waals surface area contributed by atoms with E-state index in [9.17, 15) is 4.79 Å². The highest BCUT2D eigenvalue weighted by Crippen LogP contribution is 2.21. The van der Waals surface area contributed by atoms with Crippen molar-refractivity contribution in [1.29, 1.82) is 0 Å². The Morgan fingerprint density at radius 3 is 2.67 bits per heavy atom. The fourth-order valence-electron chi connectivity index (χ4n) is 2.08. The van der Waals surface area contributed by atoms with Crippen LogP contribution in [0.15, 0.2) is 0 Å². The van der Waals surface area contributed by atoms with Crippen LogP contribution in [-0.2, 0) is 4.79 Å². The molecule has 1 aliphatic rings. The Hall–Kier alpha value is -0.610. The Labute approximate surface area is 92.4 Å². The minimum absolute atomic E-state index is 0.227. The number of amides is 1. The van der Waals surface area contributed by atoms with Crippen LogP contribution < -0.4 is 5.73 Å². The Morgan fingerprint density at radius 2 is 2.13 bits per heavy atom. The minimum Gasteiger partial charge on any atom is -0.339 e. The number of hydrogen-bond acceptors (Lipinski definition) is 3. The number of carbonyl (C=O) groups is 1. The first-order valence-corrected chi connectivity index (χ1v) is 5.68. The number of likely N-dealkylation sites (tertiary alicyclic amines) is 1. The van der Waals surface area contributed by atoms with Crippen molar-refractivity contribution in [1.82, 2.24) is 9.80 Å². The van der Waals surface area contributed by atoms with Crippen molar-refractivity contribution in [2.75, 3.05) is 33.7 Å². The average molecular weight is 213 g/mol. The zero-order valence-electron chi connectivity index (χ0n) is 10.1. The smallest absolute Gasteiger partial charge is 0.236 e. The molecule has 0 radical (unpaired) electrons. The quantitative estimate of drug-likeness (QED) is 0.725. The van der Waals surface area contributed by atoms with E-state index in [0.29, 0.717) is 25.0 Å². The molecule has 1 saturated heterocycles. The highest BCUT2D eigenvalue weighted by atomic mass is 16.2. The number of piperidine rings is 1. The molecule has 15 heavy (non-hydrogen) atoms. The van der Waals surface area contributed by atoms with Crippen molar-refractivity contribution in [3.8, 4) is 0 Å². The standard InChI is InChI=1S/C11H23N3O/c1-9-4-5-10(6-12)7-14(9)11(15)8-13(2)3/h9-10H,4-8,12H2,1-3H3. The van der Waals surface area contributed by atoms with Gasteiger partial charge in [-0.2, -0.15) is 0 Å². The van der Waals surface area contributed by atoms with Gasteiger partial charge in [0.1, 0.15) is 0 Å². The molecule has 0 aromatic rings. The molecule has 0 spiro atoms. The van der Waals surface area contributed by atoms with Crippen LogP contribution in [0.3, 0.4) is 0 Å². The number of carbonyl (C=O) groups excluding carboxylic acids is 1. The number of rotatable bonds is 3. The van der Waals surface area contributed by atoms with Crippen LogP contribution in [0, 0.1) is 5.92 Å². The van der Waals surface area contributed by atoms with Gasteiger partial charge >= 0.3 is 0 Å². The summed E-state index contributed by atoms with van der Waals surface area (Å²) in [5.41, 5.74) is 5.66. The van der Waals surface area contributed by atoms with Gasteiger partial charge in [0, 0.05) is 12.6 Å². The van der Waals surface area contributed by atoms with E-state index in [2.05, 4.69) is 6.92 Å². The largest absolute Gasteiger partial charge is 0.339 e. The number of likely N-dealkylation sites (N-methyl/N-ethyl adjacent to an activating group) is 1. The summed E-state index contributed by atoms with van der Waals surface area (Å²) in [6.07, 6.45) is 2.24. The van der Waals surface area contributed by atoms with Gasteiger partial charge in [-0.25, -0.2) is 0 Å². The van der Waals surface area contributed by atoms with Crippen LogP contribution in [0.4, 0.5) is 0 Å². The molecular weight excluding hydrogens is 190 g/mol. The average Bonchev–Trinajstić information content (AvgIpc) is 2.17. The maximum atomic E-state index is 11.9. The fraction of sp³-hybridized carbons (Fsp3) is 0.909. The molecule has 4 heteroatoms. The first kappa shape index (κ1) is 12.5. The van der Waals surface area contributed by atoms with E-state index in [-0.39, 0.29) is 5.91 Å². The molecule has 1 aliphatic heterocycles. The van der Waals surface area contributed by atoms with Crippen LogP contribution in [0.2, 0.25) is 0 Å². The third-order valence-corrected chi connectivity index (χ3v) is 3.08. The number of hydrogen-bond donors (Lipinski definition) is 1. The van der Waals surface area contributed by atoms with Crippen molar-refractivity contribution in [3.63, 3.8) is 0 Å². The molecule has 0 saturated carbocycles. The fourth-order valence-corrected chi connectivity index (χ4v) is 2.08. The third kappa shape index (κ3) is 3.47. The zero-order chi connectivity index (χ0) is 11.4. The van der Waals surface area contributed by atoms with E-state index in [0.717, 1.165) is 19.4 Å². The summed E-state index contributed by atoms with van der Waals surface area (Å²) >= 11 is 0. The van der Waals surface area contributed by atoms with Crippen molar-refractivity contribution < 1.29 is 4.79 Å². The molecule has 0 aromatic carbocycles. The summed E-state index contributed by atoms with van der Waals surface area (Å²) in [7, 11) is 3.85. The summed E-state index contributed by atoms with van der Waals surface area (Å²) in [5.74, 6) is 0.720. The topological polar surface area (TPSA) is 49.6 Å². The van der Waals surface area contributed by atoms with E-state index < -0.39 is 0 Å². The summed E-state index contributed by atoms with van der Waals surface area (Å²) in [6, 6.07) is 0.375. The molecule has 1 fully saturated rings. The highest BCUT2D eigenvalue weighted by molar-refractivity contribution is 5.78. The van der Waals surface area contributed by atoms with Crippen LogP contribution in [0.5, 0.6) is 0 Å². The monoisotopic (exact) mass is 213 g/mol. The lowest BCUT2D eigenvalue weighted by Gasteiger charge is -2.38. The van der Waals surface area contributed by atoms with Gasteiger partial charge in [-0.15, -0.1) is 0 Å². The lowest BCUT2D eigenvalue weighted by atomic mass is 9.93. The Balaban J connectivity index is 2.53. The van der Waals surface area contributed by atoms with Gasteiger partial charge in [-0.1, -0.05) is 0 Å². The van der Waals surface area contributed by atoms with Crippen molar-refractivity contribution in [3.05, 3.63) is 0 Å². The second-order valence-electron chi connectivity index (χ2n) is 4.81. The zero-order valence-corrected chi connectivity index (χ0v) is 10.1. The third-order valence-electron chi connectivity index (χ3n) is 3.08. The predicted octanol–water partition coefficient (Wildman–Crippen LogP) is 0.134. The maximum Gasteiger partial charge on any atom is 0.236 e. The van der Waals surface area contributed by atoms with Gasteiger partial charge in [-0.3, -0.25) is 4.79 Å². The van der Waals surface area contributed by atoms with Gasteiger partial charge in [0.15, 0.2) is 0 Å². The van der Waals surface area contributed by atoms with Gasteiger partial charge < -0.3 is 15.5 Å². The predicted molar refractivity (Wildman–Crippen MR) is 61.5 cm³/mol. The van der Waals surface area contributed by atoms with E-state index in [4.69, 9.17) is 5.73 Å². The molecule has 2 unspecified atom stereocenters. The van der Waals surface area contributed by atoms with Crippen LogP contribution in [0.25, 0.3) is 0 Å². The SMILES string of the molecule is CC1CCC(CN)CN1C(=O)CN(C)C. The molecule has 1 rings (SSSR count). The van der Waals surface area contributed by atoms with Gasteiger partial charge in [-0.05, 0) is 46.3 Å². The summed E-state index contributed by atoms with van der Waals surface area (Å²) in [5, 5.41) is 0. The summed E-state index contributed by atoms with van der Waals surface area (Å²) in [6.45, 7) is 4.16. The summed E-state index contributed by atoms with van der Waals surface area (Å²) < 4.78 is 0. The Morgan fingerprint density at radius 1 is 1.47 bits per heavy atom. The van der Waals surface area contributed by atoms with Crippen LogP contribution >= 0.6 is 0 Å². The number of nitrogens with two attached hydrogens (primary N) is 1. The molecule has 2 N–H and O–H groups in total. The van der Waals surface area contributed by atoms with Crippen molar-refractivity contribution >= 4 is 5.91 Å². The molecule has 0 aromatic heterocycles. The van der Waals surface area contributed by atoms with Crippen molar-refractivity contribution in [2.24, 2.45) is 11.7 Å². The molecule has 2 atom stereocenters. The molecule has 88 valence electrons. The summed E-state index contributed by atoms with van der Waals surface area (Å²) in [4.78, 5) is 15.8. The van der Waals surface area contributed by atoms with Gasteiger partial charge in [0.2, 0.25) is 5.91 Å². The van der Waals surface area contributed by atoms with E-state index in [1.165, 1.54) is 0 Å². The Bertz CT molecular complexity index is 218. The van der Waals surface area contributed by atoms with Gasteiger partial charge in [0.25, 0.3) is 0 Å². The molecular formula is C11H23N3O. The lowest BCUT2D eigenvalue weighted by molar-refractivity contribution is -0.136. The number of nitrogens with zero attached hydrogens (tertiary/aromatic N) is 2. The molecule has 0 aliphatic carbocycles. The molecule has 1 amide bonds. The maximum absolute atomic E-state index is 11.9. The first-order valence-electron chi connectivity index (χ1n) is 5.68. The molecule has 0 bridgehead atoms. The lowest BCUT2D eigenvalue weighted by Crippen LogP contribution is -2.49. The first-order chi connectivity index (χ1) is 7.04. The Kier molecular flexibility index (Phi) is 4.54. The highest BCUT2D eigenvalue weighted by Gasteiger charge is 2.28. The van der Waals surface area contributed by atoms with Crippen molar-refractivity contribution in [2.45, 2.75) is 25.8 Å². The van der Waals surface area contributed by atoms with Crippen LogP contribution in [0.1, 0.15) is 19.8 Å². The van der Waals surface area contributed by atoms with E-state index in [1.807, 2.05) is 23.9 Å². The van der Waals surface area contributed by atoms with E-state index >= 15 is 0 Å². The van der Waals surface area contributed by atoms with Crippen LogP contribution in [-0.4, -0.2) is 55.5 Å². The second-order valence-corrected chi connectivity index (χ2v) is 4.81. The molecule has 1 heterocycles. The second kappa shape index (κ2) is 5.47. The van der Waals surface area contributed by atoms with E-state index in [1.54, 1.807) is 0 Å². The normalized spacial score (nSPS) is 27.1. The minimum atomic E-state index is 0.227. The van der Waals surface area contributed by atoms with Gasteiger partial charge in [0.05, 0.1) is 6.54 Å².